The molecule has 6 nitrogen and oxygen atoms in total. The minimum Gasteiger partial charge on any atom is -0.468 e. The number of ether oxygens (including phenoxy) is 2. The van der Waals surface area contributed by atoms with E-state index in [-0.39, 0.29) is 18.0 Å². The van der Waals surface area contributed by atoms with Crippen molar-refractivity contribution >= 4 is 11.9 Å². The van der Waals surface area contributed by atoms with Crippen LogP contribution < -0.4 is 11.1 Å². The summed E-state index contributed by atoms with van der Waals surface area (Å²) in [6.07, 6.45) is 1.18. The minimum absolute atomic E-state index is 0.226. The quantitative estimate of drug-likeness (QED) is 0.647. The first-order chi connectivity index (χ1) is 15.0. The van der Waals surface area contributed by atoms with E-state index in [1.165, 1.54) is 14.2 Å². The van der Waals surface area contributed by atoms with Gasteiger partial charge in [-0.2, -0.15) is 0 Å². The second-order valence-corrected chi connectivity index (χ2v) is 5.87. The first-order valence-electron chi connectivity index (χ1n) is 10.7. The Morgan fingerprint density at radius 2 is 1.16 bits per heavy atom. The molecule has 0 radical (unpaired) electrons. The predicted octanol–water partition coefficient (Wildman–Crippen LogP) is 3.77. The molecule has 0 saturated carbocycles. The third kappa shape index (κ3) is 14.0. The average molecular weight is 433 g/mol. The van der Waals surface area contributed by atoms with Gasteiger partial charge in [0.05, 0.1) is 14.2 Å². The van der Waals surface area contributed by atoms with E-state index in [2.05, 4.69) is 14.8 Å². The zero-order valence-electron chi connectivity index (χ0n) is 20.1. The van der Waals surface area contributed by atoms with Crippen LogP contribution in [0.2, 0.25) is 0 Å². The topological polar surface area (TPSA) is 90.6 Å². The van der Waals surface area contributed by atoms with Crippen molar-refractivity contribution in [3.8, 4) is 0 Å². The van der Waals surface area contributed by atoms with E-state index in [0.29, 0.717) is 12.8 Å². The van der Waals surface area contributed by atoms with Gasteiger partial charge in [0.2, 0.25) is 0 Å². The number of likely N-dealkylation sites (N-methyl/N-ethyl adjacent to an activating group) is 1. The molecule has 3 N–H and O–H groups in total. The Morgan fingerprint density at radius 1 is 0.774 bits per heavy atom. The van der Waals surface area contributed by atoms with Crippen LogP contribution in [0.4, 0.5) is 0 Å². The monoisotopic (exact) mass is 432 g/mol. The Labute approximate surface area is 188 Å². The van der Waals surface area contributed by atoms with Gasteiger partial charge in [0, 0.05) is 0 Å². The lowest BCUT2D eigenvalue weighted by atomic mass is 10.1. The van der Waals surface area contributed by atoms with Gasteiger partial charge in [-0.1, -0.05) is 88.4 Å². The summed E-state index contributed by atoms with van der Waals surface area (Å²) in [6, 6.07) is 18.7. The number of carbonyl (C=O) groups excluding carboxylic acids is 2. The van der Waals surface area contributed by atoms with Crippen LogP contribution in [-0.4, -0.2) is 45.3 Å². The van der Waals surface area contributed by atoms with Crippen molar-refractivity contribution in [1.29, 1.82) is 0 Å². The molecular formula is C25H40N2O4. The number of hydrogen-bond acceptors (Lipinski definition) is 6. The Morgan fingerprint density at radius 3 is 1.52 bits per heavy atom. The van der Waals surface area contributed by atoms with Crippen molar-refractivity contribution in [3.05, 3.63) is 71.8 Å². The maximum absolute atomic E-state index is 11.3. The normalized spacial score (nSPS) is 11.0. The van der Waals surface area contributed by atoms with Crippen LogP contribution in [0.15, 0.2) is 60.7 Å². The van der Waals surface area contributed by atoms with Crippen LogP contribution in [0.3, 0.4) is 0 Å². The van der Waals surface area contributed by atoms with Crippen molar-refractivity contribution in [3.63, 3.8) is 0 Å². The van der Waals surface area contributed by atoms with Gasteiger partial charge >= 0.3 is 11.9 Å². The summed E-state index contributed by atoms with van der Waals surface area (Å²) in [4.78, 5) is 22.2. The number of nitrogens with two attached hydrogens (primary N) is 1. The highest BCUT2D eigenvalue weighted by molar-refractivity contribution is 5.76. The molecule has 6 heteroatoms. The molecule has 2 unspecified atom stereocenters. The van der Waals surface area contributed by atoms with Crippen molar-refractivity contribution in [1.82, 2.24) is 5.32 Å². The smallest absolute Gasteiger partial charge is 0.323 e. The maximum atomic E-state index is 11.3. The highest BCUT2D eigenvalue weighted by Gasteiger charge is 2.16. The largest absolute Gasteiger partial charge is 0.468 e. The van der Waals surface area contributed by atoms with E-state index in [1.807, 2.05) is 88.4 Å². The second kappa shape index (κ2) is 20.6. The molecule has 0 aromatic heterocycles. The van der Waals surface area contributed by atoms with Crippen molar-refractivity contribution in [2.75, 3.05) is 21.3 Å². The first-order valence-corrected chi connectivity index (χ1v) is 10.7. The fourth-order valence-corrected chi connectivity index (χ4v) is 2.40. The molecule has 0 aliphatic rings. The summed E-state index contributed by atoms with van der Waals surface area (Å²) >= 11 is 0. The number of esters is 2. The van der Waals surface area contributed by atoms with Crippen molar-refractivity contribution in [2.24, 2.45) is 5.73 Å². The molecule has 0 heterocycles. The molecule has 0 amide bonds. The molecule has 0 bridgehead atoms. The third-order valence-corrected chi connectivity index (χ3v) is 3.92. The van der Waals surface area contributed by atoms with Gasteiger partial charge in [0.25, 0.3) is 0 Å². The Kier molecular flexibility index (Phi) is 20.2. The number of carbonyl (C=O) groups is 2. The van der Waals surface area contributed by atoms with Gasteiger partial charge in [-0.3, -0.25) is 9.59 Å². The predicted molar refractivity (Wildman–Crippen MR) is 128 cm³/mol. The third-order valence-electron chi connectivity index (χ3n) is 3.92. The summed E-state index contributed by atoms with van der Waals surface area (Å²) in [5.41, 5.74) is 7.75. The van der Waals surface area contributed by atoms with E-state index >= 15 is 0 Å². The van der Waals surface area contributed by atoms with Gasteiger partial charge in [-0.15, -0.1) is 0 Å². The molecule has 2 atom stereocenters. The lowest BCUT2D eigenvalue weighted by molar-refractivity contribution is -0.143. The number of methoxy groups -OCH3 is 2. The highest BCUT2D eigenvalue weighted by atomic mass is 16.5. The van der Waals surface area contributed by atoms with Crippen LogP contribution in [-0.2, 0) is 31.9 Å². The molecule has 0 spiro atoms. The fourth-order valence-electron chi connectivity index (χ4n) is 2.40. The molecule has 0 saturated heterocycles. The Bertz CT molecular complexity index is 678. The van der Waals surface area contributed by atoms with E-state index < -0.39 is 6.04 Å². The zero-order valence-corrected chi connectivity index (χ0v) is 20.1. The summed E-state index contributed by atoms with van der Waals surface area (Å²) in [5, 5.41) is 2.93. The lowest BCUT2D eigenvalue weighted by Gasteiger charge is -2.13. The standard InChI is InChI=1S/C11H15NO2.C10H13NO2.2C2H6/c1-12-10(11(13)14-2)8-9-6-4-3-5-7-9;1-13-10(12)9(11)7-8-5-3-2-4-6-8;2*1-2/h3-7,10,12H,8H2,1-2H3;2-6,9H,7,11H2,1H3;2*1-2H3. The van der Waals surface area contributed by atoms with E-state index in [1.54, 1.807) is 7.05 Å². The molecule has 0 aliphatic carbocycles. The van der Waals surface area contributed by atoms with Gasteiger partial charge in [-0.25, -0.2) is 0 Å². The molecule has 0 fully saturated rings. The SMILES string of the molecule is CC.CC.CNC(Cc1ccccc1)C(=O)OC.COC(=O)C(N)Cc1ccccc1. The molecule has 2 aromatic rings. The van der Waals surface area contributed by atoms with Crippen LogP contribution in [0.5, 0.6) is 0 Å². The second-order valence-electron chi connectivity index (χ2n) is 5.87. The van der Waals surface area contributed by atoms with Gasteiger partial charge in [0.1, 0.15) is 12.1 Å². The summed E-state index contributed by atoms with van der Waals surface area (Å²) in [6.45, 7) is 8.00. The first kappa shape index (κ1) is 30.5. The number of rotatable bonds is 7. The van der Waals surface area contributed by atoms with Crippen LogP contribution >= 0.6 is 0 Å². The minimum atomic E-state index is -0.563. The molecule has 31 heavy (non-hydrogen) atoms. The molecule has 2 rings (SSSR count). The molecular weight excluding hydrogens is 392 g/mol. The maximum Gasteiger partial charge on any atom is 0.323 e. The highest BCUT2D eigenvalue weighted by Crippen LogP contribution is 2.04. The summed E-state index contributed by atoms with van der Waals surface area (Å²) in [5.74, 6) is -0.597. The van der Waals surface area contributed by atoms with Gasteiger partial charge in [-0.05, 0) is 31.0 Å². The number of benzene rings is 2. The summed E-state index contributed by atoms with van der Waals surface area (Å²) in [7, 11) is 4.50. The van der Waals surface area contributed by atoms with Crippen LogP contribution in [0, 0.1) is 0 Å². The molecule has 0 aliphatic heterocycles. The van der Waals surface area contributed by atoms with Crippen molar-refractivity contribution in [2.45, 2.75) is 52.6 Å². The van der Waals surface area contributed by atoms with Crippen molar-refractivity contribution < 1.29 is 19.1 Å². The van der Waals surface area contributed by atoms with E-state index in [9.17, 15) is 9.59 Å². The average Bonchev–Trinajstić information content (AvgIpc) is 2.85. The van der Waals surface area contributed by atoms with Gasteiger partial charge in [0.15, 0.2) is 0 Å². The number of nitrogens with one attached hydrogen (secondary N) is 1. The summed E-state index contributed by atoms with van der Waals surface area (Å²) < 4.78 is 9.19. The van der Waals surface area contributed by atoms with Gasteiger partial charge < -0.3 is 20.5 Å². The number of hydrogen-bond donors (Lipinski definition) is 2. The Hall–Kier alpha value is -2.70. The van der Waals surface area contributed by atoms with Crippen LogP contribution in [0.25, 0.3) is 0 Å². The lowest BCUT2D eigenvalue weighted by Crippen LogP contribution is -2.36. The molecule has 2 aromatic carbocycles. The zero-order chi connectivity index (χ0) is 24.1. The van der Waals surface area contributed by atoms with E-state index in [0.717, 1.165) is 11.1 Å². The Balaban J connectivity index is 0. The van der Waals surface area contributed by atoms with Crippen LogP contribution in [0.1, 0.15) is 38.8 Å². The molecule has 174 valence electrons. The fraction of sp³-hybridized carbons (Fsp3) is 0.440. The van der Waals surface area contributed by atoms with E-state index in [4.69, 9.17) is 5.73 Å².